The summed E-state index contributed by atoms with van der Waals surface area (Å²) < 4.78 is 0. The first kappa shape index (κ1) is 15.3. The summed E-state index contributed by atoms with van der Waals surface area (Å²) in [5.41, 5.74) is 5.81. The quantitative estimate of drug-likeness (QED) is 0.898. The molecule has 0 aliphatic heterocycles. The zero-order valence-corrected chi connectivity index (χ0v) is 14.1. The summed E-state index contributed by atoms with van der Waals surface area (Å²) in [6.45, 7) is 6.73. The molecule has 0 atom stereocenters. The lowest BCUT2D eigenvalue weighted by molar-refractivity contribution is 0.229. The molecule has 22 heavy (non-hydrogen) atoms. The van der Waals surface area contributed by atoms with Crippen molar-refractivity contribution in [2.45, 2.75) is 19.9 Å². The van der Waals surface area contributed by atoms with Crippen LogP contribution >= 0.6 is 0 Å². The highest BCUT2D eigenvalue weighted by atomic mass is 15.1. The molecule has 2 heteroatoms. The molecule has 1 N–H and O–H groups in total. The fourth-order valence-electron chi connectivity index (χ4n) is 3.67. The minimum Gasteiger partial charge on any atom is -0.309 e. The second-order valence-corrected chi connectivity index (χ2v) is 7.39. The first-order valence-corrected chi connectivity index (χ1v) is 8.04. The number of benzene rings is 2. The van der Waals surface area contributed by atoms with Gasteiger partial charge < -0.3 is 10.2 Å². The molecular weight excluding hydrogens is 268 g/mol. The number of hydrogen-bond donors (Lipinski definition) is 1. The molecule has 0 saturated heterocycles. The lowest BCUT2D eigenvalue weighted by Crippen LogP contribution is -2.38. The normalized spacial score (nSPS) is 14.2. The van der Waals surface area contributed by atoms with Crippen molar-refractivity contribution in [3.05, 3.63) is 59.7 Å². The van der Waals surface area contributed by atoms with E-state index in [-0.39, 0.29) is 5.41 Å². The predicted molar refractivity (Wildman–Crippen MR) is 94.1 cm³/mol. The van der Waals surface area contributed by atoms with Crippen molar-refractivity contribution in [1.82, 2.24) is 10.2 Å². The van der Waals surface area contributed by atoms with Gasteiger partial charge in [0.1, 0.15) is 0 Å². The van der Waals surface area contributed by atoms with Gasteiger partial charge in [0, 0.05) is 13.1 Å². The third-order valence-electron chi connectivity index (χ3n) is 4.36. The van der Waals surface area contributed by atoms with Gasteiger partial charge in [-0.15, -0.1) is 0 Å². The van der Waals surface area contributed by atoms with E-state index in [1.165, 1.54) is 22.3 Å². The van der Waals surface area contributed by atoms with Crippen molar-refractivity contribution in [2.75, 3.05) is 27.2 Å². The summed E-state index contributed by atoms with van der Waals surface area (Å²) in [6.07, 6.45) is 0. The number of nitrogens with one attached hydrogen (secondary N) is 1. The molecule has 116 valence electrons. The number of hydrogen-bond acceptors (Lipinski definition) is 2. The maximum Gasteiger partial charge on any atom is 0.0589 e. The van der Waals surface area contributed by atoms with Crippen LogP contribution in [0.25, 0.3) is 11.1 Å². The van der Waals surface area contributed by atoms with E-state index in [9.17, 15) is 0 Å². The Hall–Kier alpha value is -1.64. The zero-order chi connectivity index (χ0) is 15.7. The lowest BCUT2D eigenvalue weighted by Gasteiger charge is -2.30. The Morgan fingerprint density at radius 2 is 1.41 bits per heavy atom. The van der Waals surface area contributed by atoms with E-state index in [0.29, 0.717) is 6.04 Å². The van der Waals surface area contributed by atoms with Crippen LogP contribution in [0.15, 0.2) is 48.5 Å². The van der Waals surface area contributed by atoms with E-state index in [0.717, 1.165) is 13.1 Å². The molecule has 0 bridgehead atoms. The van der Waals surface area contributed by atoms with Gasteiger partial charge >= 0.3 is 0 Å². The van der Waals surface area contributed by atoms with E-state index in [1.54, 1.807) is 0 Å². The third kappa shape index (κ3) is 2.94. The minimum absolute atomic E-state index is 0.246. The smallest absolute Gasteiger partial charge is 0.0589 e. The van der Waals surface area contributed by atoms with Crippen molar-refractivity contribution in [1.29, 1.82) is 0 Å². The molecule has 0 fully saturated rings. The molecule has 0 aromatic heterocycles. The van der Waals surface area contributed by atoms with Gasteiger partial charge in [0.2, 0.25) is 0 Å². The van der Waals surface area contributed by atoms with Gasteiger partial charge in [-0.05, 0) is 41.8 Å². The van der Waals surface area contributed by atoms with Crippen molar-refractivity contribution >= 4 is 0 Å². The van der Waals surface area contributed by atoms with Crippen LogP contribution in [0, 0.1) is 5.41 Å². The SMILES string of the molecule is CN(C)CC(C)(C)CNC1c2ccccc2-c2ccccc21. The number of rotatable bonds is 5. The molecule has 0 unspecified atom stereocenters. The average Bonchev–Trinajstić information content (AvgIpc) is 2.78. The van der Waals surface area contributed by atoms with Crippen LogP contribution in [-0.4, -0.2) is 32.1 Å². The molecule has 1 aliphatic carbocycles. The fraction of sp³-hybridized carbons (Fsp3) is 0.400. The van der Waals surface area contributed by atoms with Gasteiger partial charge in [-0.2, -0.15) is 0 Å². The van der Waals surface area contributed by atoms with Crippen LogP contribution in [0.4, 0.5) is 0 Å². The van der Waals surface area contributed by atoms with E-state index in [2.05, 4.69) is 86.7 Å². The van der Waals surface area contributed by atoms with Crippen LogP contribution in [0.2, 0.25) is 0 Å². The third-order valence-corrected chi connectivity index (χ3v) is 4.36. The van der Waals surface area contributed by atoms with Crippen molar-refractivity contribution in [2.24, 2.45) is 5.41 Å². The Labute approximate surface area is 134 Å². The molecule has 3 rings (SSSR count). The van der Waals surface area contributed by atoms with Gasteiger partial charge in [-0.1, -0.05) is 62.4 Å². The summed E-state index contributed by atoms with van der Waals surface area (Å²) in [5, 5.41) is 3.81. The lowest BCUT2D eigenvalue weighted by atomic mass is 9.92. The monoisotopic (exact) mass is 294 g/mol. The molecule has 1 aliphatic rings. The van der Waals surface area contributed by atoms with Crippen molar-refractivity contribution < 1.29 is 0 Å². The highest BCUT2D eigenvalue weighted by molar-refractivity contribution is 5.78. The van der Waals surface area contributed by atoms with Gasteiger partial charge in [-0.3, -0.25) is 0 Å². The molecule has 0 saturated carbocycles. The largest absolute Gasteiger partial charge is 0.309 e. The maximum absolute atomic E-state index is 3.81. The molecule has 0 radical (unpaired) electrons. The van der Waals surface area contributed by atoms with Crippen LogP contribution < -0.4 is 5.32 Å². The Morgan fingerprint density at radius 3 is 1.91 bits per heavy atom. The predicted octanol–water partition coefficient (Wildman–Crippen LogP) is 3.93. The molecule has 0 amide bonds. The van der Waals surface area contributed by atoms with Crippen molar-refractivity contribution in [3.8, 4) is 11.1 Å². The Balaban J connectivity index is 1.85. The van der Waals surface area contributed by atoms with Gasteiger partial charge in [0.15, 0.2) is 0 Å². The first-order valence-electron chi connectivity index (χ1n) is 8.04. The van der Waals surface area contributed by atoms with Crippen LogP contribution in [0.1, 0.15) is 31.0 Å². The zero-order valence-electron chi connectivity index (χ0n) is 14.1. The number of nitrogens with zero attached hydrogens (tertiary/aromatic N) is 1. The van der Waals surface area contributed by atoms with E-state index in [4.69, 9.17) is 0 Å². The summed E-state index contributed by atoms with van der Waals surface area (Å²) >= 11 is 0. The fourth-order valence-corrected chi connectivity index (χ4v) is 3.67. The average molecular weight is 294 g/mol. The van der Waals surface area contributed by atoms with E-state index in [1.807, 2.05) is 0 Å². The van der Waals surface area contributed by atoms with E-state index >= 15 is 0 Å². The highest BCUT2D eigenvalue weighted by Crippen LogP contribution is 2.43. The minimum atomic E-state index is 0.246. The Kier molecular flexibility index (Phi) is 4.07. The standard InChI is InChI=1S/C20H26N2/c1-20(2,14-22(3)4)13-21-19-17-11-7-5-9-15(17)16-10-6-8-12-18(16)19/h5-12,19,21H,13-14H2,1-4H3. The first-order chi connectivity index (χ1) is 10.5. The molecule has 2 aromatic carbocycles. The molecule has 0 spiro atoms. The molecular formula is C20H26N2. The Bertz CT molecular complexity index is 613. The number of fused-ring (bicyclic) bond motifs is 3. The molecule has 2 aromatic rings. The molecule has 2 nitrogen and oxygen atoms in total. The van der Waals surface area contributed by atoms with Gasteiger partial charge in [0.05, 0.1) is 6.04 Å². The highest BCUT2D eigenvalue weighted by Gasteiger charge is 2.29. The van der Waals surface area contributed by atoms with Gasteiger partial charge in [-0.25, -0.2) is 0 Å². The Morgan fingerprint density at radius 1 is 0.909 bits per heavy atom. The van der Waals surface area contributed by atoms with Crippen LogP contribution in [0.5, 0.6) is 0 Å². The molecule has 0 heterocycles. The van der Waals surface area contributed by atoms with E-state index < -0.39 is 0 Å². The topological polar surface area (TPSA) is 15.3 Å². The summed E-state index contributed by atoms with van der Waals surface area (Å²) in [7, 11) is 4.28. The maximum atomic E-state index is 3.81. The second kappa shape index (κ2) is 5.86. The van der Waals surface area contributed by atoms with Crippen LogP contribution in [-0.2, 0) is 0 Å². The van der Waals surface area contributed by atoms with Gasteiger partial charge in [0.25, 0.3) is 0 Å². The second-order valence-electron chi connectivity index (χ2n) is 7.39. The van der Waals surface area contributed by atoms with Crippen LogP contribution in [0.3, 0.4) is 0 Å². The summed E-state index contributed by atoms with van der Waals surface area (Å²) in [6, 6.07) is 17.9. The summed E-state index contributed by atoms with van der Waals surface area (Å²) in [5.74, 6) is 0. The summed E-state index contributed by atoms with van der Waals surface area (Å²) in [4.78, 5) is 2.26. The van der Waals surface area contributed by atoms with Crippen molar-refractivity contribution in [3.63, 3.8) is 0 Å².